The number of alkyl halides is 3. The molecule has 0 radical (unpaired) electrons. The minimum Gasteiger partial charge on any atom is -0.490 e. The second kappa shape index (κ2) is 9.68. The summed E-state index contributed by atoms with van der Waals surface area (Å²) < 4.78 is 57.0. The summed E-state index contributed by atoms with van der Waals surface area (Å²) in [5, 5.41) is 3.68. The van der Waals surface area contributed by atoms with Crippen molar-refractivity contribution >= 4 is 0 Å². The minimum absolute atomic E-state index is 0.136. The lowest BCUT2D eigenvalue weighted by Crippen LogP contribution is -2.07. The Morgan fingerprint density at radius 2 is 1.76 bits per heavy atom. The predicted molar refractivity (Wildman–Crippen MR) is 126 cm³/mol. The monoisotopic (exact) mass is 512 g/mol. The molecule has 0 bridgehead atoms. The van der Waals surface area contributed by atoms with Crippen LogP contribution in [0.1, 0.15) is 41.4 Å². The van der Waals surface area contributed by atoms with Crippen molar-refractivity contribution in [3.8, 4) is 34.6 Å². The van der Waals surface area contributed by atoms with E-state index in [-0.39, 0.29) is 12.5 Å². The zero-order chi connectivity index (χ0) is 26.2. The van der Waals surface area contributed by atoms with E-state index in [0.29, 0.717) is 40.3 Å². The number of hydrogen-bond donors (Lipinski definition) is 0. The molecule has 3 aromatic heterocycles. The maximum atomic E-state index is 13.0. The summed E-state index contributed by atoms with van der Waals surface area (Å²) in [6.45, 7) is 1.70. The van der Waals surface area contributed by atoms with Crippen molar-refractivity contribution in [2.45, 2.75) is 38.5 Å². The lowest BCUT2D eigenvalue weighted by Gasteiger charge is -2.14. The molecule has 4 aromatic rings. The van der Waals surface area contributed by atoms with Crippen molar-refractivity contribution in [1.82, 2.24) is 29.7 Å². The van der Waals surface area contributed by atoms with Crippen molar-refractivity contribution in [1.29, 1.82) is 0 Å². The van der Waals surface area contributed by atoms with Gasteiger partial charge in [-0.1, -0.05) is 12.1 Å². The van der Waals surface area contributed by atoms with Crippen molar-refractivity contribution in [3.05, 3.63) is 65.5 Å². The molecule has 37 heavy (non-hydrogen) atoms. The SMILES string of the molecule is COc1cnc(-c2c(OC)ncnc2C2CC2)nc1OCc1ccc(-n2nc(C(F)(F)F)cc2C)cc1. The fourth-order valence-corrected chi connectivity index (χ4v) is 3.89. The zero-order valence-electron chi connectivity index (χ0n) is 20.3. The molecule has 1 aromatic carbocycles. The molecule has 1 aliphatic rings. The Morgan fingerprint density at radius 3 is 2.38 bits per heavy atom. The van der Waals surface area contributed by atoms with Crippen molar-refractivity contribution < 1.29 is 27.4 Å². The van der Waals surface area contributed by atoms with Crippen LogP contribution in [0.5, 0.6) is 17.5 Å². The molecule has 12 heteroatoms. The number of halogens is 3. The lowest BCUT2D eigenvalue weighted by molar-refractivity contribution is -0.141. The number of aromatic nitrogens is 6. The van der Waals surface area contributed by atoms with Gasteiger partial charge in [0.15, 0.2) is 17.3 Å². The van der Waals surface area contributed by atoms with Crippen LogP contribution in [0.25, 0.3) is 17.1 Å². The Hall–Kier alpha value is -4.22. The highest BCUT2D eigenvalue weighted by atomic mass is 19.4. The van der Waals surface area contributed by atoms with Gasteiger partial charge < -0.3 is 14.2 Å². The highest BCUT2D eigenvalue weighted by Gasteiger charge is 2.34. The van der Waals surface area contributed by atoms with Crippen LogP contribution in [0, 0.1) is 6.92 Å². The van der Waals surface area contributed by atoms with Crippen molar-refractivity contribution in [2.24, 2.45) is 0 Å². The second-order valence-electron chi connectivity index (χ2n) is 8.52. The highest BCUT2D eigenvalue weighted by Crippen LogP contribution is 2.45. The van der Waals surface area contributed by atoms with Gasteiger partial charge in [-0.05, 0) is 43.5 Å². The summed E-state index contributed by atoms with van der Waals surface area (Å²) in [5.74, 6) is 1.62. The average Bonchev–Trinajstić information content (AvgIpc) is 3.67. The van der Waals surface area contributed by atoms with Gasteiger partial charge in [-0.2, -0.15) is 23.3 Å². The van der Waals surface area contributed by atoms with E-state index in [1.165, 1.54) is 31.4 Å². The molecule has 0 N–H and O–H groups in total. The molecule has 3 heterocycles. The van der Waals surface area contributed by atoms with E-state index >= 15 is 0 Å². The van der Waals surface area contributed by atoms with Gasteiger partial charge in [0.25, 0.3) is 5.88 Å². The Labute approximate surface area is 210 Å². The Morgan fingerprint density at radius 1 is 1.00 bits per heavy atom. The van der Waals surface area contributed by atoms with Gasteiger partial charge in [0.2, 0.25) is 5.88 Å². The summed E-state index contributed by atoms with van der Waals surface area (Å²) in [4.78, 5) is 17.6. The number of nitrogens with zero attached hydrogens (tertiary/aromatic N) is 6. The van der Waals surface area contributed by atoms with E-state index in [9.17, 15) is 13.2 Å². The maximum Gasteiger partial charge on any atom is 0.435 e. The zero-order valence-corrected chi connectivity index (χ0v) is 20.3. The summed E-state index contributed by atoms with van der Waals surface area (Å²) in [6.07, 6.45) is 0.531. The Bertz CT molecular complexity index is 1420. The third-order valence-electron chi connectivity index (χ3n) is 5.90. The van der Waals surface area contributed by atoms with Crippen LogP contribution < -0.4 is 14.2 Å². The molecule has 0 spiro atoms. The average molecular weight is 512 g/mol. The van der Waals surface area contributed by atoms with Crippen molar-refractivity contribution in [2.75, 3.05) is 14.2 Å². The van der Waals surface area contributed by atoms with Gasteiger partial charge in [-0.3, -0.25) is 0 Å². The molecule has 192 valence electrons. The third kappa shape index (κ3) is 5.04. The molecule has 0 amide bonds. The number of aryl methyl sites for hydroxylation is 1. The van der Waals surface area contributed by atoms with Crippen LogP contribution in [0.2, 0.25) is 0 Å². The first-order chi connectivity index (χ1) is 17.8. The van der Waals surface area contributed by atoms with Gasteiger partial charge in [0.05, 0.1) is 31.8 Å². The first kappa shape index (κ1) is 24.5. The number of methoxy groups -OCH3 is 2. The van der Waals surface area contributed by atoms with Gasteiger partial charge in [0.1, 0.15) is 18.5 Å². The molecule has 9 nitrogen and oxygen atoms in total. The van der Waals surface area contributed by atoms with Crippen molar-refractivity contribution in [3.63, 3.8) is 0 Å². The van der Waals surface area contributed by atoms with E-state index in [0.717, 1.165) is 30.2 Å². The summed E-state index contributed by atoms with van der Waals surface area (Å²) in [6, 6.07) is 7.86. The predicted octanol–water partition coefficient (Wildman–Crippen LogP) is 4.92. The van der Waals surface area contributed by atoms with E-state index in [2.05, 4.69) is 25.0 Å². The molecule has 0 saturated heterocycles. The fourth-order valence-electron chi connectivity index (χ4n) is 3.89. The topological polar surface area (TPSA) is 97.1 Å². The van der Waals surface area contributed by atoms with Crippen LogP contribution in [0.4, 0.5) is 13.2 Å². The normalized spacial score (nSPS) is 13.5. The largest absolute Gasteiger partial charge is 0.490 e. The molecule has 1 saturated carbocycles. The Kier molecular flexibility index (Phi) is 6.40. The molecule has 0 atom stereocenters. The van der Waals surface area contributed by atoms with E-state index in [1.807, 2.05) is 0 Å². The second-order valence-corrected chi connectivity index (χ2v) is 8.52. The van der Waals surface area contributed by atoms with E-state index < -0.39 is 11.9 Å². The standard InChI is InChI=1S/C25H23F3N6O3/c1-14-10-19(25(26,27)28)33-34(14)17-8-4-15(5-9-17)12-37-23-18(35-2)11-29-22(32-23)20-21(16-6-7-16)30-13-31-24(20)36-3/h4-5,8-11,13,16H,6-7,12H2,1-3H3. The maximum absolute atomic E-state index is 13.0. The molecular weight excluding hydrogens is 489 g/mol. The Balaban J connectivity index is 1.38. The molecule has 1 fully saturated rings. The van der Waals surface area contributed by atoms with Crippen LogP contribution in [0.15, 0.2) is 42.9 Å². The molecule has 1 aliphatic carbocycles. The fraction of sp³-hybridized carbons (Fsp3) is 0.320. The number of benzene rings is 1. The van der Waals surface area contributed by atoms with Crippen LogP contribution in [-0.4, -0.2) is 43.9 Å². The lowest BCUT2D eigenvalue weighted by atomic mass is 10.1. The molecule has 0 aliphatic heterocycles. The number of hydrogen-bond acceptors (Lipinski definition) is 8. The number of rotatable bonds is 8. The number of ether oxygens (including phenoxy) is 3. The molecule has 0 unspecified atom stereocenters. The summed E-state index contributed by atoms with van der Waals surface area (Å²) >= 11 is 0. The third-order valence-corrected chi connectivity index (χ3v) is 5.90. The summed E-state index contributed by atoms with van der Waals surface area (Å²) in [7, 11) is 3.02. The van der Waals surface area contributed by atoms with Gasteiger partial charge in [0, 0.05) is 11.6 Å². The van der Waals surface area contributed by atoms with Gasteiger partial charge in [-0.25, -0.2) is 19.6 Å². The quantitative estimate of drug-likeness (QED) is 0.328. The molecular formula is C25H23F3N6O3. The van der Waals surface area contributed by atoms with Gasteiger partial charge >= 0.3 is 6.18 Å². The van der Waals surface area contributed by atoms with Crippen LogP contribution in [-0.2, 0) is 12.8 Å². The van der Waals surface area contributed by atoms with E-state index in [1.54, 1.807) is 31.2 Å². The van der Waals surface area contributed by atoms with Crippen LogP contribution >= 0.6 is 0 Å². The minimum atomic E-state index is -4.51. The smallest absolute Gasteiger partial charge is 0.435 e. The highest BCUT2D eigenvalue weighted by molar-refractivity contribution is 5.66. The first-order valence-corrected chi connectivity index (χ1v) is 11.4. The van der Waals surface area contributed by atoms with E-state index in [4.69, 9.17) is 14.2 Å². The summed E-state index contributed by atoms with van der Waals surface area (Å²) in [5.41, 5.74) is 2.17. The molecule has 5 rings (SSSR count). The van der Waals surface area contributed by atoms with Gasteiger partial charge in [-0.15, -0.1) is 0 Å². The van der Waals surface area contributed by atoms with Crippen LogP contribution in [0.3, 0.4) is 0 Å². The first-order valence-electron chi connectivity index (χ1n) is 11.4.